The summed E-state index contributed by atoms with van der Waals surface area (Å²) < 4.78 is 0. The molecule has 3 amide bonds. The zero-order valence-electron chi connectivity index (χ0n) is 12.9. The normalized spacial score (nSPS) is 17.1. The number of carboxylic acid groups (broad SMARTS) is 1. The Kier molecular flexibility index (Phi) is 6.61. The van der Waals surface area contributed by atoms with Gasteiger partial charge in [-0.05, 0) is 32.7 Å². The van der Waals surface area contributed by atoms with Crippen LogP contribution < -0.4 is 10.6 Å². The molecule has 1 saturated carbocycles. The van der Waals surface area contributed by atoms with Crippen LogP contribution in [0.4, 0.5) is 4.79 Å². The van der Waals surface area contributed by atoms with Crippen molar-refractivity contribution in [2.24, 2.45) is 5.92 Å². The summed E-state index contributed by atoms with van der Waals surface area (Å²) in [4.78, 5) is 35.9. The molecule has 120 valence electrons. The number of carbonyl (C=O) groups excluding carboxylic acids is 2. The average Bonchev–Trinajstić information content (AvgIpc) is 3.17. The number of nitrogens with zero attached hydrogens (tertiary/aromatic N) is 1. The lowest BCUT2D eigenvalue weighted by Crippen LogP contribution is -2.46. The van der Waals surface area contributed by atoms with Crippen molar-refractivity contribution in [2.75, 3.05) is 13.6 Å². The van der Waals surface area contributed by atoms with Crippen molar-refractivity contribution < 1.29 is 19.5 Å². The molecule has 1 aliphatic carbocycles. The van der Waals surface area contributed by atoms with Crippen molar-refractivity contribution in [3.63, 3.8) is 0 Å². The van der Waals surface area contributed by atoms with Crippen molar-refractivity contribution in [3.05, 3.63) is 0 Å². The van der Waals surface area contributed by atoms with Crippen LogP contribution in [0, 0.1) is 5.92 Å². The van der Waals surface area contributed by atoms with E-state index >= 15 is 0 Å². The van der Waals surface area contributed by atoms with Gasteiger partial charge < -0.3 is 10.4 Å². The third-order valence-corrected chi connectivity index (χ3v) is 3.69. The maximum absolute atomic E-state index is 11.6. The molecule has 21 heavy (non-hydrogen) atoms. The summed E-state index contributed by atoms with van der Waals surface area (Å²) in [7, 11) is 2.03. The minimum absolute atomic E-state index is 0.0251. The van der Waals surface area contributed by atoms with E-state index < -0.39 is 17.9 Å². The Morgan fingerprint density at radius 2 is 1.86 bits per heavy atom. The third kappa shape index (κ3) is 7.08. The molecule has 1 fully saturated rings. The van der Waals surface area contributed by atoms with Crippen LogP contribution in [0.15, 0.2) is 0 Å². The van der Waals surface area contributed by atoms with Crippen LogP contribution in [-0.4, -0.2) is 53.6 Å². The van der Waals surface area contributed by atoms with Crippen LogP contribution in [-0.2, 0) is 9.59 Å². The maximum Gasteiger partial charge on any atom is 0.321 e. The van der Waals surface area contributed by atoms with E-state index in [0.717, 1.165) is 0 Å². The van der Waals surface area contributed by atoms with Gasteiger partial charge in [0.25, 0.3) is 0 Å². The molecule has 1 rings (SSSR count). The predicted octanol–water partition coefficient (Wildman–Crippen LogP) is 0.796. The molecule has 7 nitrogen and oxygen atoms in total. The minimum Gasteiger partial charge on any atom is -0.481 e. The van der Waals surface area contributed by atoms with Gasteiger partial charge in [-0.15, -0.1) is 0 Å². The van der Waals surface area contributed by atoms with Crippen LogP contribution in [0.1, 0.15) is 39.5 Å². The molecule has 1 aliphatic rings. The van der Waals surface area contributed by atoms with Gasteiger partial charge in [0.15, 0.2) is 0 Å². The van der Waals surface area contributed by atoms with E-state index in [9.17, 15) is 14.4 Å². The number of imide groups is 1. The van der Waals surface area contributed by atoms with Gasteiger partial charge in [0, 0.05) is 31.5 Å². The monoisotopic (exact) mass is 299 g/mol. The Morgan fingerprint density at radius 1 is 1.24 bits per heavy atom. The highest BCUT2D eigenvalue weighted by Gasteiger charge is 2.29. The Morgan fingerprint density at radius 3 is 2.38 bits per heavy atom. The molecule has 7 heteroatoms. The second-order valence-corrected chi connectivity index (χ2v) is 5.91. The first kappa shape index (κ1) is 17.4. The smallest absolute Gasteiger partial charge is 0.321 e. The van der Waals surface area contributed by atoms with Crippen LogP contribution in [0.5, 0.6) is 0 Å². The summed E-state index contributed by atoms with van der Waals surface area (Å²) in [5.41, 5.74) is 0. The predicted molar refractivity (Wildman–Crippen MR) is 77.8 cm³/mol. The number of carboxylic acids is 1. The number of amides is 3. The first-order valence-corrected chi connectivity index (χ1v) is 7.31. The van der Waals surface area contributed by atoms with Gasteiger partial charge in [-0.2, -0.15) is 0 Å². The fourth-order valence-electron chi connectivity index (χ4n) is 2.13. The zero-order valence-corrected chi connectivity index (χ0v) is 12.9. The van der Waals surface area contributed by atoms with Crippen molar-refractivity contribution in [1.82, 2.24) is 15.5 Å². The number of carbonyl (C=O) groups is 3. The standard InChI is InChI=1S/C14H25N3O4/c1-9(7-13(19)20)6-12(18)16-14(21)15-8-10(2)17(3)11-4-5-11/h9-11H,4-8H2,1-3H3,(H,19,20)(H2,15,16,18,21). The Labute approximate surface area is 125 Å². The van der Waals surface area contributed by atoms with Gasteiger partial charge >= 0.3 is 12.0 Å². The summed E-state index contributed by atoms with van der Waals surface area (Å²) >= 11 is 0. The van der Waals surface area contributed by atoms with Crippen LogP contribution in [0.25, 0.3) is 0 Å². The Bertz CT molecular complexity index is 396. The quantitative estimate of drug-likeness (QED) is 0.615. The van der Waals surface area contributed by atoms with Gasteiger partial charge in [-0.3, -0.25) is 19.8 Å². The van der Waals surface area contributed by atoms with E-state index in [4.69, 9.17) is 5.11 Å². The lowest BCUT2D eigenvalue weighted by Gasteiger charge is -2.24. The zero-order chi connectivity index (χ0) is 16.0. The van der Waals surface area contributed by atoms with Crippen LogP contribution in [0.3, 0.4) is 0 Å². The summed E-state index contributed by atoms with van der Waals surface area (Å²) in [6.45, 7) is 4.16. The molecule has 0 spiro atoms. The summed E-state index contributed by atoms with van der Waals surface area (Å²) in [5.74, 6) is -1.70. The highest BCUT2D eigenvalue weighted by atomic mass is 16.4. The van der Waals surface area contributed by atoms with E-state index in [0.29, 0.717) is 12.6 Å². The first-order valence-electron chi connectivity index (χ1n) is 7.31. The van der Waals surface area contributed by atoms with Gasteiger partial charge in [0.2, 0.25) is 5.91 Å². The highest BCUT2D eigenvalue weighted by Crippen LogP contribution is 2.26. The van der Waals surface area contributed by atoms with E-state index in [1.165, 1.54) is 12.8 Å². The molecule has 0 bridgehead atoms. The van der Waals surface area contributed by atoms with Crippen LogP contribution in [0.2, 0.25) is 0 Å². The number of hydrogen-bond acceptors (Lipinski definition) is 4. The summed E-state index contributed by atoms with van der Waals surface area (Å²) in [5, 5.41) is 13.5. The van der Waals surface area contributed by atoms with E-state index in [1.54, 1.807) is 6.92 Å². The number of urea groups is 1. The number of likely N-dealkylation sites (N-methyl/N-ethyl adjacent to an activating group) is 1. The third-order valence-electron chi connectivity index (χ3n) is 3.69. The fourth-order valence-corrected chi connectivity index (χ4v) is 2.13. The molecule has 0 saturated heterocycles. The van der Waals surface area contributed by atoms with Gasteiger partial charge in [0.05, 0.1) is 0 Å². The molecule has 0 aromatic rings. The molecule has 2 unspecified atom stereocenters. The molecule has 0 radical (unpaired) electrons. The fraction of sp³-hybridized carbons (Fsp3) is 0.786. The van der Waals surface area contributed by atoms with Crippen LogP contribution >= 0.6 is 0 Å². The Balaban J connectivity index is 2.20. The molecule has 0 heterocycles. The van der Waals surface area contributed by atoms with Crippen molar-refractivity contribution in [1.29, 1.82) is 0 Å². The Hall–Kier alpha value is -1.63. The molecule has 2 atom stereocenters. The number of aliphatic carboxylic acids is 1. The number of rotatable bonds is 8. The van der Waals surface area contributed by atoms with Gasteiger partial charge in [-0.25, -0.2) is 4.79 Å². The molecule has 3 N–H and O–H groups in total. The van der Waals surface area contributed by atoms with E-state index in [1.807, 2.05) is 14.0 Å². The second kappa shape index (κ2) is 7.97. The number of hydrogen-bond donors (Lipinski definition) is 3. The average molecular weight is 299 g/mol. The van der Waals surface area contributed by atoms with Gasteiger partial charge in [0.1, 0.15) is 0 Å². The minimum atomic E-state index is -0.948. The lowest BCUT2D eigenvalue weighted by atomic mass is 10.0. The summed E-state index contributed by atoms with van der Waals surface area (Å²) in [6.07, 6.45) is 2.34. The molecular weight excluding hydrogens is 274 g/mol. The number of nitrogens with one attached hydrogen (secondary N) is 2. The van der Waals surface area contributed by atoms with E-state index in [-0.39, 0.29) is 24.8 Å². The van der Waals surface area contributed by atoms with E-state index in [2.05, 4.69) is 15.5 Å². The molecular formula is C14H25N3O4. The second-order valence-electron chi connectivity index (χ2n) is 5.91. The van der Waals surface area contributed by atoms with Crippen molar-refractivity contribution in [2.45, 2.75) is 51.6 Å². The van der Waals surface area contributed by atoms with Crippen molar-refractivity contribution in [3.8, 4) is 0 Å². The lowest BCUT2D eigenvalue weighted by molar-refractivity contribution is -0.138. The van der Waals surface area contributed by atoms with Gasteiger partial charge in [-0.1, -0.05) is 6.92 Å². The largest absolute Gasteiger partial charge is 0.481 e. The highest BCUT2D eigenvalue weighted by molar-refractivity contribution is 5.94. The molecule has 0 aliphatic heterocycles. The SMILES string of the molecule is CC(CC(=O)O)CC(=O)NC(=O)NCC(C)N(C)C1CC1. The first-order chi connectivity index (χ1) is 9.79. The maximum atomic E-state index is 11.6. The topological polar surface area (TPSA) is 98.7 Å². The molecule has 0 aromatic carbocycles. The summed E-state index contributed by atoms with van der Waals surface area (Å²) in [6, 6.07) is 0.297. The van der Waals surface area contributed by atoms with Crippen molar-refractivity contribution >= 4 is 17.9 Å². The molecule has 0 aromatic heterocycles.